The smallest absolute Gasteiger partial charge is 0.337 e. The highest BCUT2D eigenvalue weighted by molar-refractivity contribution is 6.35. The third-order valence-electron chi connectivity index (χ3n) is 5.63. The van der Waals surface area contributed by atoms with Gasteiger partial charge in [0, 0.05) is 35.8 Å². The average Bonchev–Trinajstić information content (AvgIpc) is 3.08. The number of hydrogen-bond acceptors (Lipinski definition) is 4. The van der Waals surface area contributed by atoms with Gasteiger partial charge in [-0.15, -0.1) is 0 Å². The van der Waals surface area contributed by atoms with Crippen molar-refractivity contribution in [3.8, 4) is 11.3 Å². The number of benzene rings is 2. The highest BCUT2D eigenvalue weighted by Crippen LogP contribution is 2.30. The molecule has 2 N–H and O–H groups in total. The van der Waals surface area contributed by atoms with E-state index >= 15 is 0 Å². The number of rotatable bonds is 8. The molecule has 0 saturated carbocycles. The Morgan fingerprint density at radius 2 is 1.91 bits per heavy atom. The van der Waals surface area contributed by atoms with Gasteiger partial charge in [-0.25, -0.2) is 19.2 Å². The predicted octanol–water partition coefficient (Wildman–Crippen LogP) is 6.62. The molecule has 0 saturated heterocycles. The van der Waals surface area contributed by atoms with E-state index in [2.05, 4.69) is 15.3 Å². The Bertz CT molecular complexity index is 1390. The summed E-state index contributed by atoms with van der Waals surface area (Å²) in [6.07, 6.45) is 2.84. The Labute approximate surface area is 206 Å². The van der Waals surface area contributed by atoms with E-state index in [-0.39, 0.29) is 16.4 Å². The molecular weight excluding hydrogens is 478 g/mol. The van der Waals surface area contributed by atoms with Crippen LogP contribution < -0.4 is 5.32 Å². The van der Waals surface area contributed by atoms with Crippen molar-refractivity contribution in [3.05, 3.63) is 75.4 Å². The summed E-state index contributed by atoms with van der Waals surface area (Å²) >= 11 is 12.6. The molecule has 0 spiro atoms. The van der Waals surface area contributed by atoms with Crippen LogP contribution in [0.2, 0.25) is 10.0 Å². The molecule has 0 atom stereocenters. The summed E-state index contributed by atoms with van der Waals surface area (Å²) in [4.78, 5) is 20.3. The maximum absolute atomic E-state index is 13.7. The molecule has 2 heterocycles. The number of aromatic nitrogens is 3. The second-order valence-corrected chi connectivity index (χ2v) is 8.84. The summed E-state index contributed by atoms with van der Waals surface area (Å²) in [5.74, 6) is -0.785. The number of hydrogen-bond donors (Lipinski definition) is 2. The Hall–Kier alpha value is -3.16. The number of halogens is 3. The van der Waals surface area contributed by atoms with Crippen LogP contribution in [0.3, 0.4) is 0 Å². The van der Waals surface area contributed by atoms with E-state index < -0.39 is 5.97 Å². The number of carbonyl (C=O) groups is 1. The van der Waals surface area contributed by atoms with Crippen LogP contribution in [0.1, 0.15) is 35.0 Å². The second kappa shape index (κ2) is 9.99. The van der Waals surface area contributed by atoms with Gasteiger partial charge in [0.1, 0.15) is 18.0 Å². The molecule has 4 aromatic rings. The van der Waals surface area contributed by atoms with E-state index in [1.807, 2.05) is 30.5 Å². The van der Waals surface area contributed by atoms with Crippen LogP contribution in [0, 0.1) is 12.7 Å². The van der Waals surface area contributed by atoms with E-state index in [0.717, 1.165) is 28.6 Å². The summed E-state index contributed by atoms with van der Waals surface area (Å²) in [7, 11) is 0. The van der Waals surface area contributed by atoms with Crippen molar-refractivity contribution < 1.29 is 14.3 Å². The molecule has 0 aliphatic rings. The first kappa shape index (κ1) is 24.0. The Morgan fingerprint density at radius 1 is 1.12 bits per heavy atom. The van der Waals surface area contributed by atoms with Gasteiger partial charge in [-0.2, -0.15) is 0 Å². The van der Waals surface area contributed by atoms with Gasteiger partial charge in [0.2, 0.25) is 0 Å². The maximum Gasteiger partial charge on any atom is 0.337 e. The largest absolute Gasteiger partial charge is 0.478 e. The minimum atomic E-state index is -1.04. The number of nitrogens with zero attached hydrogens (tertiary/aromatic N) is 3. The lowest BCUT2D eigenvalue weighted by atomic mass is 9.98. The second-order valence-electron chi connectivity index (χ2n) is 8.03. The summed E-state index contributed by atoms with van der Waals surface area (Å²) in [6, 6.07) is 9.93. The lowest BCUT2D eigenvalue weighted by molar-refractivity contribution is 0.0696. The predicted molar refractivity (Wildman–Crippen MR) is 134 cm³/mol. The number of aromatic carboxylic acids is 1. The third-order valence-corrected chi connectivity index (χ3v) is 6.21. The van der Waals surface area contributed by atoms with Crippen LogP contribution in [-0.4, -0.2) is 32.2 Å². The maximum atomic E-state index is 13.7. The zero-order valence-electron chi connectivity index (χ0n) is 18.7. The molecule has 176 valence electrons. The minimum Gasteiger partial charge on any atom is -0.478 e. The Balaban J connectivity index is 1.55. The first-order chi connectivity index (χ1) is 16.3. The fraction of sp³-hybridized carbons (Fsp3) is 0.240. The molecule has 0 aliphatic heterocycles. The standard InChI is InChI=1S/C25H23Cl2FN4O2/c1-3-4-15-8-16(10-19(26)23(15)25(33)34)21-12-22(31-13-30-21)29-5-6-32-14(2)7-17-9-18(28)11-20(27)24(17)32/h7-13H,3-6H2,1-2H3,(H,33,34)(H,29,30,31). The molecule has 0 amide bonds. The molecule has 0 fully saturated rings. The topological polar surface area (TPSA) is 80.0 Å². The van der Waals surface area contributed by atoms with Crippen molar-refractivity contribution in [1.82, 2.24) is 14.5 Å². The molecular formula is C25H23Cl2FN4O2. The van der Waals surface area contributed by atoms with E-state index in [1.165, 1.54) is 18.5 Å². The highest BCUT2D eigenvalue weighted by Gasteiger charge is 2.17. The van der Waals surface area contributed by atoms with Gasteiger partial charge in [-0.1, -0.05) is 36.5 Å². The van der Waals surface area contributed by atoms with Crippen molar-refractivity contribution in [2.45, 2.75) is 33.2 Å². The summed E-state index contributed by atoms with van der Waals surface area (Å²) in [6.45, 7) is 5.09. The zero-order valence-corrected chi connectivity index (χ0v) is 20.2. The first-order valence-electron chi connectivity index (χ1n) is 10.9. The molecule has 6 nitrogen and oxygen atoms in total. The fourth-order valence-corrected chi connectivity index (χ4v) is 4.81. The number of aryl methyl sites for hydroxylation is 2. The molecule has 4 rings (SSSR count). The lowest BCUT2D eigenvalue weighted by Crippen LogP contribution is -2.12. The van der Waals surface area contributed by atoms with Crippen molar-refractivity contribution in [2.24, 2.45) is 0 Å². The third kappa shape index (κ3) is 4.86. The normalized spacial score (nSPS) is 11.2. The van der Waals surface area contributed by atoms with Crippen LogP contribution in [0.4, 0.5) is 10.2 Å². The van der Waals surface area contributed by atoms with E-state index in [4.69, 9.17) is 23.2 Å². The van der Waals surface area contributed by atoms with E-state index in [0.29, 0.717) is 41.6 Å². The molecule has 0 bridgehead atoms. The molecule has 0 unspecified atom stereocenters. The number of fused-ring (bicyclic) bond motifs is 1. The molecule has 2 aromatic carbocycles. The van der Waals surface area contributed by atoms with Gasteiger partial charge in [0.15, 0.2) is 0 Å². The van der Waals surface area contributed by atoms with Crippen molar-refractivity contribution in [3.63, 3.8) is 0 Å². The molecule has 9 heteroatoms. The Morgan fingerprint density at radius 3 is 2.65 bits per heavy atom. The quantitative estimate of drug-likeness (QED) is 0.284. The SMILES string of the molecule is CCCc1cc(-c2cc(NCCn3c(C)cc4cc(F)cc(Cl)c43)ncn2)cc(Cl)c1C(=O)O. The van der Waals surface area contributed by atoms with Gasteiger partial charge in [0.25, 0.3) is 0 Å². The molecule has 0 aliphatic carbocycles. The molecule has 34 heavy (non-hydrogen) atoms. The monoisotopic (exact) mass is 500 g/mol. The fourth-order valence-electron chi connectivity index (χ4n) is 4.17. The number of nitrogens with one attached hydrogen (secondary N) is 1. The Kier molecular flexibility index (Phi) is 7.05. The van der Waals surface area contributed by atoms with E-state index in [9.17, 15) is 14.3 Å². The molecule has 2 aromatic heterocycles. The van der Waals surface area contributed by atoms with Gasteiger partial charge in [-0.3, -0.25) is 0 Å². The first-order valence-corrected chi connectivity index (χ1v) is 11.6. The number of anilines is 1. The van der Waals surface area contributed by atoms with Crippen LogP contribution >= 0.6 is 23.2 Å². The van der Waals surface area contributed by atoms with Crippen molar-refractivity contribution >= 4 is 45.9 Å². The van der Waals surface area contributed by atoms with E-state index in [1.54, 1.807) is 12.1 Å². The summed E-state index contributed by atoms with van der Waals surface area (Å²) in [5, 5.41) is 14.1. The summed E-state index contributed by atoms with van der Waals surface area (Å²) in [5.41, 5.74) is 3.94. The number of carboxylic acids is 1. The van der Waals surface area contributed by atoms with Gasteiger partial charge in [-0.05, 0) is 49.2 Å². The van der Waals surface area contributed by atoms with Crippen molar-refractivity contribution in [1.29, 1.82) is 0 Å². The lowest BCUT2D eigenvalue weighted by Gasteiger charge is -2.13. The van der Waals surface area contributed by atoms with Crippen molar-refractivity contribution in [2.75, 3.05) is 11.9 Å². The summed E-state index contributed by atoms with van der Waals surface area (Å²) < 4.78 is 15.7. The highest BCUT2D eigenvalue weighted by atomic mass is 35.5. The van der Waals surface area contributed by atoms with Crippen LogP contribution in [-0.2, 0) is 13.0 Å². The van der Waals surface area contributed by atoms with Crippen LogP contribution in [0.15, 0.2) is 42.7 Å². The zero-order chi connectivity index (χ0) is 24.4. The minimum absolute atomic E-state index is 0.132. The van der Waals surface area contributed by atoms with Gasteiger partial charge in [0.05, 0.1) is 26.8 Å². The van der Waals surface area contributed by atoms with Gasteiger partial charge >= 0.3 is 5.97 Å². The van der Waals surface area contributed by atoms with Gasteiger partial charge < -0.3 is 15.0 Å². The van der Waals surface area contributed by atoms with Crippen LogP contribution in [0.5, 0.6) is 0 Å². The number of carboxylic acid groups (broad SMARTS) is 1. The molecule has 0 radical (unpaired) electrons. The van der Waals surface area contributed by atoms with Crippen LogP contribution in [0.25, 0.3) is 22.2 Å². The average molecular weight is 501 g/mol.